The molecule has 2 aromatic rings. The standard InChI is InChI=1S/C14H15N3O2S/c18-13(19)10-5-3-6-11-12(10)17-14(20-11)16-8-9-4-1-2-7-15-9/h1-2,4,7,10H,3,5-6,8H2,(H,16,17)(H,18,19). The first-order valence-electron chi connectivity index (χ1n) is 6.60. The van der Waals surface area contributed by atoms with E-state index >= 15 is 0 Å². The number of pyridine rings is 1. The van der Waals surface area contributed by atoms with E-state index in [1.54, 1.807) is 17.5 Å². The number of nitrogens with one attached hydrogen (secondary N) is 1. The van der Waals surface area contributed by atoms with Gasteiger partial charge in [0, 0.05) is 11.1 Å². The zero-order chi connectivity index (χ0) is 13.9. The highest BCUT2D eigenvalue weighted by Gasteiger charge is 2.29. The molecule has 104 valence electrons. The van der Waals surface area contributed by atoms with Crippen LogP contribution in [0.15, 0.2) is 24.4 Å². The van der Waals surface area contributed by atoms with Gasteiger partial charge in [-0.15, -0.1) is 11.3 Å². The second-order valence-corrected chi connectivity index (χ2v) is 5.87. The maximum atomic E-state index is 11.2. The number of aromatic nitrogens is 2. The fourth-order valence-corrected chi connectivity index (χ4v) is 3.46. The van der Waals surface area contributed by atoms with Crippen molar-refractivity contribution in [2.75, 3.05) is 5.32 Å². The number of rotatable bonds is 4. The molecule has 1 aliphatic rings. The van der Waals surface area contributed by atoms with Gasteiger partial charge in [-0.2, -0.15) is 0 Å². The Hall–Kier alpha value is -1.95. The molecule has 2 N–H and O–H groups in total. The summed E-state index contributed by atoms with van der Waals surface area (Å²) in [5.74, 6) is -1.21. The molecule has 1 atom stereocenters. The van der Waals surface area contributed by atoms with Gasteiger partial charge in [0.1, 0.15) is 5.92 Å². The van der Waals surface area contributed by atoms with Gasteiger partial charge in [-0.05, 0) is 31.4 Å². The van der Waals surface area contributed by atoms with Gasteiger partial charge in [0.15, 0.2) is 5.13 Å². The lowest BCUT2D eigenvalue weighted by Crippen LogP contribution is -2.17. The average molecular weight is 289 g/mol. The fourth-order valence-electron chi connectivity index (χ4n) is 2.40. The number of aryl methyl sites for hydroxylation is 1. The fraction of sp³-hybridized carbons (Fsp3) is 0.357. The molecular weight excluding hydrogens is 274 g/mol. The number of carbonyl (C=O) groups is 1. The predicted octanol–water partition coefficient (Wildman–Crippen LogP) is 2.65. The smallest absolute Gasteiger partial charge is 0.312 e. The van der Waals surface area contributed by atoms with Crippen molar-refractivity contribution in [3.8, 4) is 0 Å². The Morgan fingerprint density at radius 1 is 1.50 bits per heavy atom. The van der Waals surface area contributed by atoms with Crippen LogP contribution in [0.1, 0.15) is 35.0 Å². The lowest BCUT2D eigenvalue weighted by atomic mass is 9.91. The minimum atomic E-state index is -0.771. The maximum Gasteiger partial charge on any atom is 0.312 e. The van der Waals surface area contributed by atoms with Gasteiger partial charge in [-0.25, -0.2) is 4.98 Å². The monoisotopic (exact) mass is 289 g/mol. The Kier molecular flexibility index (Phi) is 3.64. The van der Waals surface area contributed by atoms with Gasteiger partial charge in [-0.3, -0.25) is 9.78 Å². The summed E-state index contributed by atoms with van der Waals surface area (Å²) in [5, 5.41) is 13.3. The molecule has 6 heteroatoms. The quantitative estimate of drug-likeness (QED) is 0.905. The van der Waals surface area contributed by atoms with Crippen LogP contribution in [0.5, 0.6) is 0 Å². The first-order valence-corrected chi connectivity index (χ1v) is 7.42. The molecule has 0 aliphatic heterocycles. The van der Waals surface area contributed by atoms with Crippen LogP contribution in [-0.2, 0) is 17.8 Å². The number of thiazole rings is 1. The topological polar surface area (TPSA) is 75.1 Å². The second-order valence-electron chi connectivity index (χ2n) is 4.79. The summed E-state index contributed by atoms with van der Waals surface area (Å²) in [6.45, 7) is 0.602. The predicted molar refractivity (Wildman–Crippen MR) is 77.0 cm³/mol. The van der Waals surface area contributed by atoms with Gasteiger partial charge < -0.3 is 10.4 Å². The second kappa shape index (κ2) is 5.58. The Labute approximate surface area is 120 Å². The maximum absolute atomic E-state index is 11.2. The van der Waals surface area contributed by atoms with Crippen LogP contribution >= 0.6 is 11.3 Å². The number of nitrogens with zero attached hydrogens (tertiary/aromatic N) is 2. The van der Waals surface area contributed by atoms with E-state index in [1.165, 1.54) is 0 Å². The van der Waals surface area contributed by atoms with Crippen LogP contribution in [0.25, 0.3) is 0 Å². The highest BCUT2D eigenvalue weighted by Crippen LogP contribution is 2.36. The summed E-state index contributed by atoms with van der Waals surface area (Å²) in [6.07, 6.45) is 4.30. The normalized spacial score (nSPS) is 17.5. The highest BCUT2D eigenvalue weighted by atomic mass is 32.1. The summed E-state index contributed by atoms with van der Waals surface area (Å²) in [7, 11) is 0. The van der Waals surface area contributed by atoms with E-state index in [2.05, 4.69) is 15.3 Å². The minimum absolute atomic E-state index is 0.444. The molecule has 0 radical (unpaired) electrons. The molecule has 1 unspecified atom stereocenters. The summed E-state index contributed by atoms with van der Waals surface area (Å²) in [6, 6.07) is 5.76. The molecule has 1 aliphatic carbocycles. The molecule has 5 nitrogen and oxygen atoms in total. The SMILES string of the molecule is O=C(O)C1CCCc2sc(NCc3ccccn3)nc21. The lowest BCUT2D eigenvalue weighted by molar-refractivity contribution is -0.139. The van der Waals surface area contributed by atoms with Crippen molar-refractivity contribution in [2.24, 2.45) is 0 Å². The Morgan fingerprint density at radius 3 is 3.15 bits per heavy atom. The molecule has 0 saturated carbocycles. The number of hydrogen-bond acceptors (Lipinski definition) is 5. The molecule has 0 fully saturated rings. The van der Waals surface area contributed by atoms with Gasteiger partial charge in [0.2, 0.25) is 0 Å². The van der Waals surface area contributed by atoms with Crippen molar-refractivity contribution in [1.82, 2.24) is 9.97 Å². The van der Waals surface area contributed by atoms with E-state index in [1.807, 2.05) is 18.2 Å². The van der Waals surface area contributed by atoms with E-state index in [-0.39, 0.29) is 0 Å². The van der Waals surface area contributed by atoms with Crippen molar-refractivity contribution in [3.63, 3.8) is 0 Å². The first kappa shape index (κ1) is 13.1. The zero-order valence-electron chi connectivity index (χ0n) is 10.9. The minimum Gasteiger partial charge on any atom is -0.481 e. The molecule has 0 saturated heterocycles. The Balaban J connectivity index is 1.74. The van der Waals surface area contributed by atoms with Crippen molar-refractivity contribution in [3.05, 3.63) is 40.7 Å². The zero-order valence-corrected chi connectivity index (χ0v) is 11.7. The van der Waals surface area contributed by atoms with Crippen molar-refractivity contribution in [2.45, 2.75) is 31.7 Å². The molecule has 3 rings (SSSR count). The van der Waals surface area contributed by atoms with Gasteiger partial charge in [0.25, 0.3) is 0 Å². The molecular formula is C14H15N3O2S. The summed E-state index contributed by atoms with van der Waals surface area (Å²) >= 11 is 1.56. The van der Waals surface area contributed by atoms with Crippen molar-refractivity contribution < 1.29 is 9.90 Å². The van der Waals surface area contributed by atoms with Crippen LogP contribution < -0.4 is 5.32 Å². The molecule has 2 heterocycles. The number of anilines is 1. The number of carboxylic acid groups (broad SMARTS) is 1. The molecule has 0 amide bonds. The first-order chi connectivity index (χ1) is 9.74. The third kappa shape index (κ3) is 2.65. The molecule has 0 bridgehead atoms. The van der Waals surface area contributed by atoms with E-state index in [0.717, 1.165) is 34.2 Å². The summed E-state index contributed by atoms with van der Waals surface area (Å²) < 4.78 is 0. The van der Waals surface area contributed by atoms with E-state index in [0.29, 0.717) is 13.0 Å². The molecule has 2 aromatic heterocycles. The Bertz CT molecular complexity index is 612. The summed E-state index contributed by atoms with van der Waals surface area (Å²) in [4.78, 5) is 21.1. The number of carboxylic acids is 1. The van der Waals surface area contributed by atoms with Crippen molar-refractivity contribution >= 4 is 22.4 Å². The third-order valence-corrected chi connectivity index (χ3v) is 4.49. The van der Waals surface area contributed by atoms with Crippen LogP contribution in [-0.4, -0.2) is 21.0 Å². The lowest BCUT2D eigenvalue weighted by Gasteiger charge is -2.16. The molecule has 0 aromatic carbocycles. The molecule has 0 spiro atoms. The summed E-state index contributed by atoms with van der Waals surface area (Å²) in [5.41, 5.74) is 1.69. The van der Waals surface area contributed by atoms with Crippen LogP contribution in [0.4, 0.5) is 5.13 Å². The molecule has 20 heavy (non-hydrogen) atoms. The average Bonchev–Trinajstić information content (AvgIpc) is 2.88. The van der Waals surface area contributed by atoms with Crippen molar-refractivity contribution in [1.29, 1.82) is 0 Å². The van der Waals surface area contributed by atoms with Crippen LogP contribution in [0, 0.1) is 0 Å². The largest absolute Gasteiger partial charge is 0.481 e. The Morgan fingerprint density at radius 2 is 2.40 bits per heavy atom. The third-order valence-electron chi connectivity index (χ3n) is 3.40. The van der Waals surface area contributed by atoms with E-state index < -0.39 is 11.9 Å². The van der Waals surface area contributed by atoms with Gasteiger partial charge in [0.05, 0.1) is 17.9 Å². The van der Waals surface area contributed by atoms with E-state index in [9.17, 15) is 9.90 Å². The highest BCUT2D eigenvalue weighted by molar-refractivity contribution is 7.15. The van der Waals surface area contributed by atoms with Gasteiger partial charge >= 0.3 is 5.97 Å². The number of hydrogen-bond donors (Lipinski definition) is 2. The number of aliphatic carboxylic acids is 1. The van der Waals surface area contributed by atoms with Crippen LogP contribution in [0.3, 0.4) is 0 Å². The van der Waals surface area contributed by atoms with E-state index in [4.69, 9.17) is 0 Å². The van der Waals surface area contributed by atoms with Gasteiger partial charge in [-0.1, -0.05) is 6.07 Å². The van der Waals surface area contributed by atoms with Crippen LogP contribution in [0.2, 0.25) is 0 Å². The number of fused-ring (bicyclic) bond motifs is 1.